The summed E-state index contributed by atoms with van der Waals surface area (Å²) in [6.07, 6.45) is 1.46. The predicted octanol–water partition coefficient (Wildman–Crippen LogP) is 2.98. The van der Waals surface area contributed by atoms with Gasteiger partial charge in [-0.3, -0.25) is 0 Å². The molecule has 2 rings (SSSR count). The van der Waals surface area contributed by atoms with Gasteiger partial charge in [-0.2, -0.15) is 5.26 Å². The third-order valence-corrected chi connectivity index (χ3v) is 2.33. The average molecular weight is 246 g/mol. The Hall–Kier alpha value is -2.25. The van der Waals surface area contributed by atoms with Gasteiger partial charge in [-0.1, -0.05) is 11.6 Å². The van der Waals surface area contributed by atoms with Crippen molar-refractivity contribution in [2.24, 2.45) is 0 Å². The highest BCUT2D eigenvalue weighted by Gasteiger charge is 2.04. The van der Waals surface area contributed by atoms with Gasteiger partial charge in [0.1, 0.15) is 23.3 Å². The second kappa shape index (κ2) is 4.73. The summed E-state index contributed by atoms with van der Waals surface area (Å²) >= 11 is 5.96. The number of ether oxygens (including phenoxy) is 1. The van der Waals surface area contributed by atoms with E-state index >= 15 is 0 Å². The molecule has 1 aromatic carbocycles. The highest BCUT2D eigenvalue weighted by Crippen LogP contribution is 2.30. The highest BCUT2D eigenvalue weighted by atomic mass is 35.5. The van der Waals surface area contributed by atoms with Crippen LogP contribution in [0.3, 0.4) is 0 Å². The van der Waals surface area contributed by atoms with Crippen molar-refractivity contribution in [3.63, 3.8) is 0 Å². The van der Waals surface area contributed by atoms with Crippen LogP contribution in [-0.4, -0.2) is 4.98 Å². The molecule has 0 aliphatic heterocycles. The number of nitriles is 1. The van der Waals surface area contributed by atoms with Gasteiger partial charge in [-0.25, -0.2) is 4.98 Å². The first-order valence-electron chi connectivity index (χ1n) is 4.78. The van der Waals surface area contributed by atoms with Crippen molar-refractivity contribution in [3.8, 4) is 17.6 Å². The SMILES string of the molecule is N#Cc1ccc(Oc2ccc(N)cc2Cl)cn1. The van der Waals surface area contributed by atoms with Crippen LogP contribution in [0.5, 0.6) is 11.5 Å². The zero-order valence-corrected chi connectivity index (χ0v) is 9.48. The minimum absolute atomic E-state index is 0.334. The van der Waals surface area contributed by atoms with Gasteiger partial charge in [0, 0.05) is 5.69 Å². The smallest absolute Gasteiger partial charge is 0.146 e. The van der Waals surface area contributed by atoms with Crippen LogP contribution in [0.25, 0.3) is 0 Å². The number of rotatable bonds is 2. The normalized spacial score (nSPS) is 9.65. The first kappa shape index (κ1) is 11.2. The number of nitrogen functional groups attached to an aromatic ring is 1. The van der Waals surface area contributed by atoms with Crippen LogP contribution in [0, 0.1) is 11.3 Å². The summed E-state index contributed by atoms with van der Waals surface area (Å²) in [5, 5.41) is 9.03. The molecule has 0 bridgehead atoms. The van der Waals surface area contributed by atoms with Gasteiger partial charge in [0.2, 0.25) is 0 Å². The molecule has 4 nitrogen and oxygen atoms in total. The Bertz CT molecular complexity index is 575. The summed E-state index contributed by atoms with van der Waals surface area (Å²) in [6.45, 7) is 0. The van der Waals surface area contributed by atoms with E-state index in [1.54, 1.807) is 30.3 Å². The van der Waals surface area contributed by atoms with Gasteiger partial charge in [-0.05, 0) is 30.3 Å². The molecule has 0 saturated carbocycles. The molecule has 2 N–H and O–H groups in total. The standard InChI is InChI=1S/C12H8ClN3O/c13-11-5-8(15)1-4-12(11)17-10-3-2-9(6-14)16-7-10/h1-5,7H,15H2. The molecule has 0 atom stereocenters. The molecule has 0 amide bonds. The third kappa shape index (κ3) is 2.65. The fraction of sp³-hybridized carbons (Fsp3) is 0. The Morgan fingerprint density at radius 3 is 2.71 bits per heavy atom. The van der Waals surface area contributed by atoms with E-state index in [0.29, 0.717) is 27.9 Å². The molecular weight excluding hydrogens is 238 g/mol. The number of nitrogens with two attached hydrogens (primary N) is 1. The number of anilines is 1. The van der Waals surface area contributed by atoms with Crippen molar-refractivity contribution < 1.29 is 4.74 Å². The lowest BCUT2D eigenvalue weighted by atomic mass is 10.3. The maximum atomic E-state index is 8.60. The van der Waals surface area contributed by atoms with Gasteiger partial charge in [-0.15, -0.1) is 0 Å². The number of hydrogen-bond donors (Lipinski definition) is 1. The Morgan fingerprint density at radius 2 is 2.12 bits per heavy atom. The molecule has 0 aliphatic carbocycles. The maximum absolute atomic E-state index is 8.60. The van der Waals surface area contributed by atoms with Gasteiger partial charge in [0.05, 0.1) is 11.2 Å². The van der Waals surface area contributed by atoms with Crippen molar-refractivity contribution in [3.05, 3.63) is 47.2 Å². The molecule has 84 valence electrons. The van der Waals surface area contributed by atoms with Crippen molar-refractivity contribution in [2.45, 2.75) is 0 Å². The number of halogens is 1. The highest BCUT2D eigenvalue weighted by molar-refractivity contribution is 6.32. The van der Waals surface area contributed by atoms with Gasteiger partial charge in [0.15, 0.2) is 0 Å². The molecule has 0 saturated heterocycles. The van der Waals surface area contributed by atoms with Crippen molar-refractivity contribution in [1.29, 1.82) is 5.26 Å². The third-order valence-electron chi connectivity index (χ3n) is 2.03. The quantitative estimate of drug-likeness (QED) is 0.826. The van der Waals surface area contributed by atoms with Gasteiger partial charge >= 0.3 is 0 Å². The molecule has 0 spiro atoms. The summed E-state index contributed by atoms with van der Waals surface area (Å²) in [6, 6.07) is 10.1. The molecule has 2 aromatic rings. The fourth-order valence-corrected chi connectivity index (χ4v) is 1.46. The van der Waals surface area contributed by atoms with Crippen LogP contribution >= 0.6 is 11.6 Å². The molecule has 0 fully saturated rings. The number of aromatic nitrogens is 1. The van der Waals surface area contributed by atoms with E-state index in [1.807, 2.05) is 6.07 Å². The van der Waals surface area contributed by atoms with E-state index in [0.717, 1.165) is 0 Å². The number of nitrogens with zero attached hydrogens (tertiary/aromatic N) is 2. The molecule has 1 heterocycles. The summed E-state index contributed by atoms with van der Waals surface area (Å²) in [5.74, 6) is 1.00. The second-order valence-electron chi connectivity index (χ2n) is 3.28. The van der Waals surface area contributed by atoms with Crippen molar-refractivity contribution in [1.82, 2.24) is 4.98 Å². The summed E-state index contributed by atoms with van der Waals surface area (Å²) in [4.78, 5) is 3.89. The van der Waals surface area contributed by atoms with E-state index < -0.39 is 0 Å². The monoisotopic (exact) mass is 245 g/mol. The summed E-state index contributed by atoms with van der Waals surface area (Å²) in [7, 11) is 0. The van der Waals surface area contributed by atoms with E-state index in [1.165, 1.54) is 6.20 Å². The first-order valence-corrected chi connectivity index (χ1v) is 5.16. The van der Waals surface area contributed by atoms with Crippen molar-refractivity contribution >= 4 is 17.3 Å². The van der Waals surface area contributed by atoms with Crippen LogP contribution in [-0.2, 0) is 0 Å². The van der Waals surface area contributed by atoms with Crippen LogP contribution < -0.4 is 10.5 Å². The lowest BCUT2D eigenvalue weighted by Crippen LogP contribution is -1.89. The number of hydrogen-bond acceptors (Lipinski definition) is 4. The first-order chi connectivity index (χ1) is 8.19. The van der Waals surface area contributed by atoms with E-state index in [2.05, 4.69) is 4.98 Å². The Balaban J connectivity index is 2.23. The second-order valence-corrected chi connectivity index (χ2v) is 3.69. The lowest BCUT2D eigenvalue weighted by Gasteiger charge is -2.07. The molecule has 0 aliphatic rings. The zero-order valence-electron chi connectivity index (χ0n) is 8.72. The summed E-state index contributed by atoms with van der Waals surface area (Å²) < 4.78 is 5.50. The molecule has 0 unspecified atom stereocenters. The molecular formula is C12H8ClN3O. The largest absolute Gasteiger partial charge is 0.454 e. The predicted molar refractivity (Wildman–Crippen MR) is 64.9 cm³/mol. The van der Waals surface area contributed by atoms with Gasteiger partial charge in [0.25, 0.3) is 0 Å². The van der Waals surface area contributed by atoms with E-state index in [-0.39, 0.29) is 0 Å². The maximum Gasteiger partial charge on any atom is 0.146 e. The zero-order chi connectivity index (χ0) is 12.3. The Kier molecular flexibility index (Phi) is 3.12. The molecule has 17 heavy (non-hydrogen) atoms. The van der Waals surface area contributed by atoms with Crippen molar-refractivity contribution in [2.75, 3.05) is 5.73 Å². The van der Waals surface area contributed by atoms with E-state index in [4.69, 9.17) is 27.3 Å². The topological polar surface area (TPSA) is 71.9 Å². The Morgan fingerprint density at radius 1 is 1.29 bits per heavy atom. The number of pyridine rings is 1. The fourth-order valence-electron chi connectivity index (χ4n) is 1.23. The minimum Gasteiger partial charge on any atom is -0.454 e. The molecule has 1 aromatic heterocycles. The Labute approximate surface area is 103 Å². The van der Waals surface area contributed by atoms with Gasteiger partial charge < -0.3 is 10.5 Å². The van der Waals surface area contributed by atoms with Crippen LogP contribution in [0.2, 0.25) is 5.02 Å². The molecule has 0 radical (unpaired) electrons. The average Bonchev–Trinajstić information content (AvgIpc) is 2.34. The van der Waals surface area contributed by atoms with E-state index in [9.17, 15) is 0 Å². The lowest BCUT2D eigenvalue weighted by molar-refractivity contribution is 0.480. The van der Waals surface area contributed by atoms with Crippen LogP contribution in [0.4, 0.5) is 5.69 Å². The van der Waals surface area contributed by atoms with Crippen LogP contribution in [0.15, 0.2) is 36.5 Å². The van der Waals surface area contributed by atoms with Crippen LogP contribution in [0.1, 0.15) is 5.69 Å². The number of benzene rings is 1. The molecule has 5 heteroatoms. The summed E-state index contributed by atoms with van der Waals surface area (Å²) in [5.41, 5.74) is 6.47. The minimum atomic E-state index is 0.334.